The fraction of sp³-hybridized carbons (Fsp3) is 0.417. The SMILES string of the molecule is CC1N=C(Nc2ccc(I)cc2Cl)C[C@@H]1C. The smallest absolute Gasteiger partial charge is 0.101 e. The molecule has 1 aromatic carbocycles. The predicted octanol–water partition coefficient (Wildman–Crippen LogP) is 4.18. The minimum Gasteiger partial charge on any atom is -0.343 e. The molecule has 1 unspecified atom stereocenters. The van der Waals surface area contributed by atoms with Crippen LogP contribution in [0.25, 0.3) is 0 Å². The number of hydrogen-bond donors (Lipinski definition) is 1. The Morgan fingerprint density at radius 3 is 2.75 bits per heavy atom. The summed E-state index contributed by atoms with van der Waals surface area (Å²) in [6.07, 6.45) is 1.00. The number of nitrogens with zero attached hydrogens (tertiary/aromatic N) is 1. The van der Waals surface area contributed by atoms with Crippen molar-refractivity contribution >= 4 is 45.7 Å². The molecule has 0 spiro atoms. The number of nitrogens with one attached hydrogen (secondary N) is 1. The van der Waals surface area contributed by atoms with E-state index >= 15 is 0 Å². The van der Waals surface area contributed by atoms with Crippen LogP contribution in [0.1, 0.15) is 20.3 Å². The minimum atomic E-state index is 0.408. The lowest BCUT2D eigenvalue weighted by Gasteiger charge is -2.08. The molecule has 2 nitrogen and oxygen atoms in total. The third kappa shape index (κ3) is 2.69. The van der Waals surface area contributed by atoms with E-state index in [0.29, 0.717) is 12.0 Å². The number of rotatable bonds is 1. The Morgan fingerprint density at radius 1 is 1.44 bits per heavy atom. The predicted molar refractivity (Wildman–Crippen MR) is 78.5 cm³/mol. The van der Waals surface area contributed by atoms with E-state index < -0.39 is 0 Å². The zero-order valence-corrected chi connectivity index (χ0v) is 12.2. The zero-order chi connectivity index (χ0) is 11.7. The van der Waals surface area contributed by atoms with Gasteiger partial charge in [0.2, 0.25) is 0 Å². The molecule has 16 heavy (non-hydrogen) atoms. The Balaban J connectivity index is 2.13. The summed E-state index contributed by atoms with van der Waals surface area (Å²) in [5, 5.41) is 4.06. The van der Waals surface area contributed by atoms with Gasteiger partial charge in [0.05, 0.1) is 16.8 Å². The van der Waals surface area contributed by atoms with Crippen LogP contribution in [0.2, 0.25) is 5.02 Å². The third-order valence-electron chi connectivity index (χ3n) is 2.91. The number of hydrogen-bond acceptors (Lipinski definition) is 2. The topological polar surface area (TPSA) is 24.4 Å². The van der Waals surface area contributed by atoms with Crippen LogP contribution < -0.4 is 5.32 Å². The summed E-state index contributed by atoms with van der Waals surface area (Å²) in [4.78, 5) is 4.57. The summed E-state index contributed by atoms with van der Waals surface area (Å²) in [7, 11) is 0. The molecule has 0 fully saturated rings. The van der Waals surface area contributed by atoms with Crippen molar-refractivity contribution in [2.24, 2.45) is 10.9 Å². The van der Waals surface area contributed by atoms with Crippen LogP contribution in [0, 0.1) is 9.49 Å². The van der Waals surface area contributed by atoms with E-state index in [0.717, 1.165) is 26.5 Å². The van der Waals surface area contributed by atoms with Crippen LogP contribution in [-0.4, -0.2) is 11.9 Å². The van der Waals surface area contributed by atoms with Gasteiger partial charge in [-0.05, 0) is 53.6 Å². The molecule has 2 rings (SSSR count). The van der Waals surface area contributed by atoms with Crippen molar-refractivity contribution in [1.29, 1.82) is 0 Å². The zero-order valence-electron chi connectivity index (χ0n) is 9.30. The first kappa shape index (κ1) is 12.2. The molecule has 86 valence electrons. The Bertz CT molecular complexity index is 431. The Kier molecular flexibility index (Phi) is 3.74. The summed E-state index contributed by atoms with van der Waals surface area (Å²) in [5.41, 5.74) is 0.946. The monoisotopic (exact) mass is 348 g/mol. The van der Waals surface area contributed by atoms with Crippen LogP contribution in [0.15, 0.2) is 23.2 Å². The highest BCUT2D eigenvalue weighted by atomic mass is 127. The average Bonchev–Trinajstić information content (AvgIpc) is 2.51. The van der Waals surface area contributed by atoms with Gasteiger partial charge in [0, 0.05) is 9.99 Å². The van der Waals surface area contributed by atoms with E-state index in [2.05, 4.69) is 46.7 Å². The lowest BCUT2D eigenvalue weighted by Crippen LogP contribution is -2.10. The normalized spacial score (nSPS) is 24.4. The van der Waals surface area contributed by atoms with Crippen molar-refractivity contribution in [2.75, 3.05) is 5.32 Å². The molecule has 1 aliphatic heterocycles. The van der Waals surface area contributed by atoms with Gasteiger partial charge in [-0.25, -0.2) is 0 Å². The highest BCUT2D eigenvalue weighted by molar-refractivity contribution is 14.1. The van der Waals surface area contributed by atoms with Gasteiger partial charge in [-0.3, -0.25) is 4.99 Å². The summed E-state index contributed by atoms with van der Waals surface area (Å²) in [6, 6.07) is 6.40. The molecule has 0 saturated carbocycles. The lowest BCUT2D eigenvalue weighted by molar-refractivity contribution is 0.539. The van der Waals surface area contributed by atoms with Gasteiger partial charge >= 0.3 is 0 Å². The Labute approximate surface area is 115 Å². The fourth-order valence-electron chi connectivity index (χ4n) is 1.73. The maximum atomic E-state index is 6.16. The summed E-state index contributed by atoms with van der Waals surface area (Å²) in [6.45, 7) is 4.37. The maximum absolute atomic E-state index is 6.16. The number of aliphatic imine (C=N–C) groups is 1. The molecular formula is C12H14ClIN2. The van der Waals surface area contributed by atoms with Crippen molar-refractivity contribution in [3.63, 3.8) is 0 Å². The molecule has 0 amide bonds. The first-order valence-electron chi connectivity index (χ1n) is 5.35. The lowest BCUT2D eigenvalue weighted by atomic mass is 10.0. The number of benzene rings is 1. The number of anilines is 1. The quantitative estimate of drug-likeness (QED) is 0.756. The van der Waals surface area contributed by atoms with Gasteiger partial charge in [-0.2, -0.15) is 0 Å². The molecule has 0 bridgehead atoms. The first-order chi connectivity index (χ1) is 7.56. The minimum absolute atomic E-state index is 0.408. The van der Waals surface area contributed by atoms with Crippen molar-refractivity contribution in [3.05, 3.63) is 26.8 Å². The molecule has 1 N–H and O–H groups in total. The highest BCUT2D eigenvalue weighted by Gasteiger charge is 2.21. The first-order valence-corrected chi connectivity index (χ1v) is 6.80. The molecular weight excluding hydrogens is 335 g/mol. The molecule has 2 atom stereocenters. The Hall–Kier alpha value is -0.290. The van der Waals surface area contributed by atoms with Gasteiger partial charge in [0.25, 0.3) is 0 Å². The second-order valence-corrected chi connectivity index (χ2v) is 5.90. The van der Waals surface area contributed by atoms with Crippen molar-refractivity contribution in [2.45, 2.75) is 26.3 Å². The molecule has 0 aromatic heterocycles. The van der Waals surface area contributed by atoms with Crippen LogP contribution in [-0.2, 0) is 0 Å². The number of halogens is 2. The van der Waals surface area contributed by atoms with Gasteiger partial charge in [-0.1, -0.05) is 18.5 Å². The fourth-order valence-corrected chi connectivity index (χ4v) is 2.63. The molecule has 0 aliphatic carbocycles. The van der Waals surface area contributed by atoms with E-state index in [1.54, 1.807) is 0 Å². The van der Waals surface area contributed by atoms with Gasteiger partial charge in [0.15, 0.2) is 0 Å². The van der Waals surface area contributed by atoms with Crippen LogP contribution in [0.4, 0.5) is 5.69 Å². The Morgan fingerprint density at radius 2 is 2.19 bits per heavy atom. The van der Waals surface area contributed by atoms with Crippen molar-refractivity contribution in [1.82, 2.24) is 0 Å². The standard InChI is InChI=1S/C12H14ClIN2/c1-7-5-12(15-8(7)2)16-11-4-3-9(14)6-10(11)13/h3-4,6-8H,5H2,1-2H3,(H,15,16)/t7-,8?/m0/s1. The van der Waals surface area contributed by atoms with Crippen LogP contribution >= 0.6 is 34.2 Å². The summed E-state index contributed by atoms with van der Waals surface area (Å²) >= 11 is 8.41. The van der Waals surface area contributed by atoms with Gasteiger partial charge < -0.3 is 5.32 Å². The van der Waals surface area contributed by atoms with Crippen molar-refractivity contribution < 1.29 is 0 Å². The third-order valence-corrected chi connectivity index (χ3v) is 3.89. The van der Waals surface area contributed by atoms with E-state index in [4.69, 9.17) is 11.6 Å². The van der Waals surface area contributed by atoms with Gasteiger partial charge in [0.1, 0.15) is 5.84 Å². The van der Waals surface area contributed by atoms with Crippen molar-refractivity contribution in [3.8, 4) is 0 Å². The summed E-state index contributed by atoms with van der Waals surface area (Å²) < 4.78 is 1.14. The van der Waals surface area contributed by atoms with E-state index in [-0.39, 0.29) is 0 Å². The van der Waals surface area contributed by atoms with Crippen LogP contribution in [0.5, 0.6) is 0 Å². The summed E-state index contributed by atoms with van der Waals surface area (Å²) in [5.74, 6) is 1.66. The van der Waals surface area contributed by atoms with Gasteiger partial charge in [-0.15, -0.1) is 0 Å². The molecule has 0 saturated heterocycles. The van der Waals surface area contributed by atoms with E-state index in [1.165, 1.54) is 0 Å². The molecule has 4 heteroatoms. The number of amidine groups is 1. The molecule has 1 heterocycles. The second-order valence-electron chi connectivity index (χ2n) is 4.25. The maximum Gasteiger partial charge on any atom is 0.101 e. The van der Waals surface area contributed by atoms with Crippen LogP contribution in [0.3, 0.4) is 0 Å². The molecule has 1 aliphatic rings. The van der Waals surface area contributed by atoms with E-state index in [1.807, 2.05) is 18.2 Å². The molecule has 1 aromatic rings. The second kappa shape index (κ2) is 4.92. The molecule has 0 radical (unpaired) electrons. The van der Waals surface area contributed by atoms with E-state index in [9.17, 15) is 0 Å². The highest BCUT2D eigenvalue weighted by Crippen LogP contribution is 2.27. The largest absolute Gasteiger partial charge is 0.343 e. The average molecular weight is 349 g/mol.